The van der Waals surface area contributed by atoms with Crippen molar-refractivity contribution in [3.8, 4) is 11.4 Å². The molecule has 1 aromatic carbocycles. The number of benzene rings is 1. The van der Waals surface area contributed by atoms with Crippen molar-refractivity contribution in [1.82, 2.24) is 23.9 Å². The molecule has 3 aromatic rings. The van der Waals surface area contributed by atoms with E-state index in [1.165, 1.54) is 17.7 Å². The minimum absolute atomic E-state index is 0.298. The van der Waals surface area contributed by atoms with Crippen LogP contribution in [0.15, 0.2) is 46.0 Å². The Balaban J connectivity index is 2.09. The summed E-state index contributed by atoms with van der Waals surface area (Å²) in [7, 11) is 3.10. The highest BCUT2D eigenvalue weighted by Crippen LogP contribution is 2.17. The first-order valence-corrected chi connectivity index (χ1v) is 7.20. The van der Waals surface area contributed by atoms with Gasteiger partial charge in [0, 0.05) is 31.4 Å². The fourth-order valence-corrected chi connectivity index (χ4v) is 2.45. The van der Waals surface area contributed by atoms with Crippen LogP contribution in [-0.2, 0) is 20.6 Å². The fraction of sp³-hybridized carbons (Fsp3) is 0.250. The Hall–Kier alpha value is -2.96. The summed E-state index contributed by atoms with van der Waals surface area (Å²) in [5.74, 6) is 1.34. The van der Waals surface area contributed by atoms with Crippen molar-refractivity contribution >= 4 is 0 Å². The minimum atomic E-state index is -0.356. The molecule has 0 radical (unpaired) electrons. The molecule has 0 spiro atoms. The maximum absolute atomic E-state index is 12.0. The van der Waals surface area contributed by atoms with E-state index in [1.54, 1.807) is 11.7 Å². The number of aromatic nitrogens is 5. The zero-order valence-electron chi connectivity index (χ0n) is 13.2. The Kier molecular flexibility index (Phi) is 3.69. The molecule has 3 rings (SSSR count). The second-order valence-electron chi connectivity index (χ2n) is 5.38. The van der Waals surface area contributed by atoms with E-state index in [-0.39, 0.29) is 11.2 Å². The van der Waals surface area contributed by atoms with Crippen LogP contribution in [0.25, 0.3) is 11.4 Å². The zero-order valence-corrected chi connectivity index (χ0v) is 13.2. The predicted molar refractivity (Wildman–Crippen MR) is 86.2 cm³/mol. The summed E-state index contributed by atoms with van der Waals surface area (Å²) in [4.78, 5) is 28.4. The first-order chi connectivity index (χ1) is 11.0. The molecule has 0 aliphatic carbocycles. The van der Waals surface area contributed by atoms with Gasteiger partial charge in [-0.25, -0.2) is 14.5 Å². The van der Waals surface area contributed by atoms with Gasteiger partial charge < -0.3 is 0 Å². The molecule has 0 bridgehead atoms. The van der Waals surface area contributed by atoms with Crippen molar-refractivity contribution < 1.29 is 0 Å². The van der Waals surface area contributed by atoms with Crippen molar-refractivity contribution in [3.05, 3.63) is 68.8 Å². The lowest BCUT2D eigenvalue weighted by molar-refractivity contribution is 0.596. The van der Waals surface area contributed by atoms with Crippen LogP contribution in [0.3, 0.4) is 0 Å². The van der Waals surface area contributed by atoms with E-state index in [9.17, 15) is 9.59 Å². The topological polar surface area (TPSA) is 74.7 Å². The number of hydrogen-bond acceptors (Lipinski definition) is 4. The number of aryl methyl sites for hydroxylation is 1. The summed E-state index contributed by atoms with van der Waals surface area (Å²) in [6.45, 7) is 2.11. The Morgan fingerprint density at radius 2 is 1.74 bits per heavy atom. The van der Waals surface area contributed by atoms with Crippen molar-refractivity contribution in [2.24, 2.45) is 14.1 Å². The van der Waals surface area contributed by atoms with Gasteiger partial charge in [0.25, 0.3) is 5.56 Å². The Morgan fingerprint density at radius 1 is 1.04 bits per heavy atom. The summed E-state index contributed by atoms with van der Waals surface area (Å²) < 4.78 is 4.24. The molecule has 2 heterocycles. The molecule has 0 N–H and O–H groups in total. The average molecular weight is 311 g/mol. The summed E-state index contributed by atoms with van der Waals surface area (Å²) in [5, 5.41) is 4.39. The first kappa shape index (κ1) is 15.0. The van der Waals surface area contributed by atoms with Gasteiger partial charge in [-0.2, -0.15) is 5.10 Å². The fourth-order valence-electron chi connectivity index (χ4n) is 2.45. The Bertz CT molecular complexity index is 966. The van der Waals surface area contributed by atoms with Gasteiger partial charge in [0.2, 0.25) is 0 Å². The summed E-state index contributed by atoms with van der Waals surface area (Å²) >= 11 is 0. The summed E-state index contributed by atoms with van der Waals surface area (Å²) in [6.07, 6.45) is 0. The smallest absolute Gasteiger partial charge is 0.299 e. The van der Waals surface area contributed by atoms with E-state index in [0.717, 1.165) is 10.1 Å². The van der Waals surface area contributed by atoms with Crippen LogP contribution in [0.4, 0.5) is 0 Å². The van der Waals surface area contributed by atoms with Crippen molar-refractivity contribution in [2.45, 2.75) is 13.5 Å². The highest BCUT2D eigenvalue weighted by atomic mass is 16.2. The molecule has 0 aliphatic rings. The standard InChI is InChI=1S/C16H17N5O2/c1-11-17-15(12-7-5-4-6-8-12)21(18-11)10-13-9-14(22)20(3)16(23)19(13)2/h4-9H,10H2,1-3H3. The van der Waals surface area contributed by atoms with Gasteiger partial charge in [-0.15, -0.1) is 0 Å². The first-order valence-electron chi connectivity index (χ1n) is 7.20. The van der Waals surface area contributed by atoms with E-state index < -0.39 is 0 Å². The third-order valence-corrected chi connectivity index (χ3v) is 3.75. The van der Waals surface area contributed by atoms with E-state index in [2.05, 4.69) is 10.1 Å². The van der Waals surface area contributed by atoms with Crippen LogP contribution in [-0.4, -0.2) is 23.9 Å². The minimum Gasteiger partial charge on any atom is -0.299 e. The molecular formula is C16H17N5O2. The molecule has 0 fully saturated rings. The van der Waals surface area contributed by atoms with Crippen molar-refractivity contribution in [1.29, 1.82) is 0 Å². The van der Waals surface area contributed by atoms with E-state index in [4.69, 9.17) is 0 Å². The summed E-state index contributed by atoms with van der Waals surface area (Å²) in [6, 6.07) is 11.1. The van der Waals surface area contributed by atoms with E-state index in [1.807, 2.05) is 37.3 Å². The van der Waals surface area contributed by atoms with Gasteiger partial charge in [-0.3, -0.25) is 13.9 Å². The number of hydrogen-bond donors (Lipinski definition) is 0. The number of rotatable bonds is 3. The average Bonchev–Trinajstić information content (AvgIpc) is 2.92. The Morgan fingerprint density at radius 3 is 2.43 bits per heavy atom. The zero-order chi connectivity index (χ0) is 16.6. The SMILES string of the molecule is Cc1nc(-c2ccccc2)n(Cc2cc(=O)n(C)c(=O)n2C)n1. The molecule has 0 unspecified atom stereocenters. The monoisotopic (exact) mass is 311 g/mol. The molecule has 23 heavy (non-hydrogen) atoms. The quantitative estimate of drug-likeness (QED) is 0.713. The highest BCUT2D eigenvalue weighted by Gasteiger charge is 2.13. The predicted octanol–water partition coefficient (Wildman–Crippen LogP) is 0.699. The third-order valence-electron chi connectivity index (χ3n) is 3.75. The van der Waals surface area contributed by atoms with E-state index in [0.29, 0.717) is 23.9 Å². The lowest BCUT2D eigenvalue weighted by Gasteiger charge is -2.11. The molecular weight excluding hydrogens is 294 g/mol. The molecule has 0 amide bonds. The third kappa shape index (κ3) is 2.73. The van der Waals surface area contributed by atoms with Gasteiger partial charge in [-0.1, -0.05) is 30.3 Å². The van der Waals surface area contributed by atoms with Crippen LogP contribution in [0.5, 0.6) is 0 Å². The van der Waals surface area contributed by atoms with Crippen LogP contribution >= 0.6 is 0 Å². The van der Waals surface area contributed by atoms with E-state index >= 15 is 0 Å². The van der Waals surface area contributed by atoms with Crippen molar-refractivity contribution in [2.75, 3.05) is 0 Å². The van der Waals surface area contributed by atoms with Gasteiger partial charge >= 0.3 is 5.69 Å². The van der Waals surface area contributed by atoms with Crippen molar-refractivity contribution in [3.63, 3.8) is 0 Å². The Labute approximate surface area is 132 Å². The lowest BCUT2D eigenvalue weighted by atomic mass is 10.2. The largest absolute Gasteiger partial charge is 0.330 e. The molecule has 118 valence electrons. The summed E-state index contributed by atoms with van der Waals surface area (Å²) in [5.41, 5.74) is 0.828. The maximum Gasteiger partial charge on any atom is 0.330 e. The molecule has 2 aromatic heterocycles. The lowest BCUT2D eigenvalue weighted by Crippen LogP contribution is -2.38. The second kappa shape index (κ2) is 5.68. The molecule has 0 aliphatic heterocycles. The van der Waals surface area contributed by atoms with Crippen LogP contribution in [0.1, 0.15) is 11.5 Å². The van der Waals surface area contributed by atoms with Gasteiger partial charge in [-0.05, 0) is 6.92 Å². The molecule has 7 nitrogen and oxygen atoms in total. The molecule has 0 saturated carbocycles. The maximum atomic E-state index is 12.0. The van der Waals surface area contributed by atoms with Gasteiger partial charge in [0.1, 0.15) is 5.82 Å². The van der Waals surface area contributed by atoms with Crippen LogP contribution < -0.4 is 11.2 Å². The molecule has 0 saturated heterocycles. The second-order valence-corrected chi connectivity index (χ2v) is 5.38. The normalized spacial score (nSPS) is 10.9. The van der Waals surface area contributed by atoms with Gasteiger partial charge in [0.05, 0.1) is 6.54 Å². The molecule has 0 atom stereocenters. The number of nitrogens with zero attached hydrogens (tertiary/aromatic N) is 5. The van der Waals surface area contributed by atoms with Crippen LogP contribution in [0.2, 0.25) is 0 Å². The van der Waals surface area contributed by atoms with Crippen LogP contribution in [0, 0.1) is 6.92 Å². The molecule has 7 heteroatoms. The highest BCUT2D eigenvalue weighted by molar-refractivity contribution is 5.54. The van der Waals surface area contributed by atoms with Gasteiger partial charge in [0.15, 0.2) is 5.82 Å².